The Labute approximate surface area is 234 Å². The van der Waals surface area contributed by atoms with Gasteiger partial charge < -0.3 is 25.8 Å². The van der Waals surface area contributed by atoms with Crippen LogP contribution in [0.2, 0.25) is 5.02 Å². The van der Waals surface area contributed by atoms with Gasteiger partial charge in [-0.05, 0) is 100 Å². The Morgan fingerprint density at radius 1 is 1.23 bits per heavy atom. The van der Waals surface area contributed by atoms with E-state index < -0.39 is 5.60 Å². The van der Waals surface area contributed by atoms with Crippen LogP contribution >= 0.6 is 11.6 Å². The quantitative estimate of drug-likeness (QED) is 0.338. The van der Waals surface area contributed by atoms with E-state index >= 15 is 0 Å². The van der Waals surface area contributed by atoms with Crippen molar-refractivity contribution in [2.24, 2.45) is 23.2 Å². The molecular weight excluding hydrogens is 516 g/mol. The van der Waals surface area contributed by atoms with Gasteiger partial charge in [0.1, 0.15) is 28.8 Å². The van der Waals surface area contributed by atoms with E-state index in [9.17, 15) is 15.2 Å². The number of carbonyl (C=O) groups excluding carboxylic acids is 1. The third-order valence-electron chi connectivity index (χ3n) is 8.33. The lowest BCUT2D eigenvalue weighted by molar-refractivity contribution is -0.0703. The number of amides is 1. The molecule has 4 aliphatic rings. The van der Waals surface area contributed by atoms with E-state index in [2.05, 4.69) is 32.0 Å². The van der Waals surface area contributed by atoms with Crippen molar-refractivity contribution in [2.45, 2.75) is 70.9 Å². The van der Waals surface area contributed by atoms with Crippen LogP contribution in [0.4, 0.5) is 16.6 Å². The SMILES string of the molecule is CC(C)(C)OC(=O)N[C@@H]1[C@@H]2CC3C[C@H]1C[C@@](CNc1nc(NCCc4ccc(O)c(Cl)c4)ncc1C#N)(C3)C2. The van der Waals surface area contributed by atoms with Crippen molar-refractivity contribution in [3.63, 3.8) is 0 Å². The molecule has 10 heteroatoms. The number of nitriles is 1. The van der Waals surface area contributed by atoms with Gasteiger partial charge in [-0.25, -0.2) is 9.78 Å². The summed E-state index contributed by atoms with van der Waals surface area (Å²) < 4.78 is 5.54. The number of nitrogens with zero attached hydrogens (tertiary/aromatic N) is 3. The van der Waals surface area contributed by atoms with Gasteiger partial charge in [0, 0.05) is 19.1 Å². The minimum atomic E-state index is -0.510. The van der Waals surface area contributed by atoms with Crippen LogP contribution in [0.1, 0.15) is 64.0 Å². The van der Waals surface area contributed by atoms with Crippen LogP contribution in [0.3, 0.4) is 0 Å². The first kappa shape index (κ1) is 27.3. The van der Waals surface area contributed by atoms with Gasteiger partial charge in [-0.3, -0.25) is 0 Å². The fourth-order valence-corrected chi connectivity index (χ4v) is 7.27. The number of aromatic hydroxyl groups is 1. The Morgan fingerprint density at radius 2 is 1.97 bits per heavy atom. The molecule has 0 saturated heterocycles. The molecule has 0 aliphatic heterocycles. The Morgan fingerprint density at radius 3 is 2.64 bits per heavy atom. The molecular formula is C29H37ClN6O3. The fraction of sp³-hybridized carbons (Fsp3) is 0.586. The van der Waals surface area contributed by atoms with Crippen LogP contribution in [0.5, 0.6) is 5.75 Å². The number of aromatic nitrogens is 2. The van der Waals surface area contributed by atoms with E-state index in [1.54, 1.807) is 18.3 Å². The molecule has 1 unspecified atom stereocenters. The van der Waals surface area contributed by atoms with E-state index in [0.29, 0.717) is 53.1 Å². The molecule has 9 nitrogen and oxygen atoms in total. The first-order chi connectivity index (χ1) is 18.5. The number of rotatable bonds is 8. The van der Waals surface area contributed by atoms with Gasteiger partial charge >= 0.3 is 6.09 Å². The van der Waals surface area contributed by atoms with Crippen molar-refractivity contribution in [1.29, 1.82) is 5.26 Å². The van der Waals surface area contributed by atoms with Gasteiger partial charge in [0.2, 0.25) is 5.95 Å². The van der Waals surface area contributed by atoms with Crippen molar-refractivity contribution in [1.82, 2.24) is 15.3 Å². The number of ether oxygens (including phenoxy) is 1. The number of alkyl carbamates (subject to hydrolysis) is 1. The van der Waals surface area contributed by atoms with Gasteiger partial charge in [0.15, 0.2) is 0 Å². The van der Waals surface area contributed by atoms with Crippen LogP contribution in [0, 0.1) is 34.5 Å². The van der Waals surface area contributed by atoms with E-state index in [1.807, 2.05) is 26.8 Å². The summed E-state index contributed by atoms with van der Waals surface area (Å²) in [6.45, 7) is 6.98. The Balaban J connectivity index is 1.20. The van der Waals surface area contributed by atoms with Crippen molar-refractivity contribution in [3.05, 3.63) is 40.5 Å². The second-order valence-electron chi connectivity index (χ2n) is 12.5. The van der Waals surface area contributed by atoms with Gasteiger partial charge in [-0.15, -0.1) is 0 Å². The first-order valence-corrected chi connectivity index (χ1v) is 14.1. The molecule has 0 spiro atoms. The van der Waals surface area contributed by atoms with Crippen LogP contribution in [-0.4, -0.2) is 45.9 Å². The largest absolute Gasteiger partial charge is 0.506 e. The smallest absolute Gasteiger partial charge is 0.407 e. The summed E-state index contributed by atoms with van der Waals surface area (Å²) in [4.78, 5) is 21.4. The van der Waals surface area contributed by atoms with E-state index in [1.165, 1.54) is 6.42 Å². The zero-order valence-corrected chi connectivity index (χ0v) is 23.5. The number of phenolic OH excluding ortho intramolecular Hbond substituents is 1. The highest BCUT2D eigenvalue weighted by Crippen LogP contribution is 2.60. The summed E-state index contributed by atoms with van der Waals surface area (Å²) >= 11 is 6.01. The maximum atomic E-state index is 12.5. The standard InChI is InChI=1S/C29H37ClN6O3/c1-28(2,3)39-27(38)35-24-19-8-18-9-20(24)13-29(11-18,12-19)16-34-25-21(14-31)15-33-26(36-25)32-7-6-17-4-5-23(37)22(30)10-17/h4-5,10,15,18-20,24,37H,6-9,11-13,16H2,1-3H3,(H,35,38)(H2,32,33,34,36)/t18?,19-,20+,24-,29-. The topological polar surface area (TPSA) is 132 Å². The molecule has 1 aromatic heterocycles. The third kappa shape index (κ3) is 6.33. The predicted molar refractivity (Wildman–Crippen MR) is 150 cm³/mol. The molecule has 2 aromatic rings. The minimum absolute atomic E-state index is 0.0633. The normalized spacial score (nSPS) is 27.1. The van der Waals surface area contributed by atoms with E-state index in [-0.39, 0.29) is 23.3 Å². The summed E-state index contributed by atoms with van der Waals surface area (Å²) in [5, 5.41) is 29.5. The molecule has 4 N–H and O–H groups in total. The number of nitrogens with one attached hydrogen (secondary N) is 3. The van der Waals surface area contributed by atoms with Crippen molar-refractivity contribution < 1.29 is 14.6 Å². The van der Waals surface area contributed by atoms with Crippen molar-refractivity contribution >= 4 is 29.5 Å². The number of anilines is 2. The molecule has 0 radical (unpaired) electrons. The number of benzene rings is 1. The molecule has 1 amide bonds. The summed E-state index contributed by atoms with van der Waals surface area (Å²) in [6, 6.07) is 7.52. The second kappa shape index (κ2) is 10.7. The molecule has 208 valence electrons. The highest BCUT2D eigenvalue weighted by atomic mass is 35.5. The lowest BCUT2D eigenvalue weighted by Crippen LogP contribution is -2.60. The monoisotopic (exact) mass is 552 g/mol. The molecule has 1 aromatic carbocycles. The number of carbonyl (C=O) groups is 1. The maximum absolute atomic E-state index is 12.5. The number of hydrogen-bond donors (Lipinski definition) is 4. The lowest BCUT2D eigenvalue weighted by atomic mass is 9.48. The fourth-order valence-electron chi connectivity index (χ4n) is 7.07. The third-order valence-corrected chi connectivity index (χ3v) is 8.64. The minimum Gasteiger partial charge on any atom is -0.506 e. The van der Waals surface area contributed by atoms with Crippen LogP contribution in [0.15, 0.2) is 24.4 Å². The Kier molecular flexibility index (Phi) is 7.51. The highest BCUT2D eigenvalue weighted by Gasteiger charge is 2.55. The number of phenols is 1. The Hall–Kier alpha value is -3.25. The van der Waals surface area contributed by atoms with Gasteiger partial charge in [0.25, 0.3) is 0 Å². The van der Waals surface area contributed by atoms with Gasteiger partial charge in [-0.1, -0.05) is 17.7 Å². The zero-order chi connectivity index (χ0) is 27.8. The average molecular weight is 553 g/mol. The van der Waals surface area contributed by atoms with E-state index in [0.717, 1.165) is 37.8 Å². The highest BCUT2D eigenvalue weighted by molar-refractivity contribution is 6.32. The average Bonchev–Trinajstić information content (AvgIpc) is 2.86. The molecule has 4 fully saturated rings. The summed E-state index contributed by atoms with van der Waals surface area (Å²) in [7, 11) is 0. The predicted octanol–water partition coefficient (Wildman–Crippen LogP) is 5.49. The molecule has 4 saturated carbocycles. The lowest BCUT2D eigenvalue weighted by Gasteiger charge is -2.60. The molecule has 5 atom stereocenters. The van der Waals surface area contributed by atoms with Crippen LogP contribution in [0.25, 0.3) is 0 Å². The molecule has 4 aliphatic carbocycles. The first-order valence-electron chi connectivity index (χ1n) is 13.7. The van der Waals surface area contributed by atoms with Gasteiger partial charge in [-0.2, -0.15) is 10.2 Å². The second-order valence-corrected chi connectivity index (χ2v) is 12.9. The molecule has 1 heterocycles. The summed E-state index contributed by atoms with van der Waals surface area (Å²) in [6.07, 6.45) is 7.46. The summed E-state index contributed by atoms with van der Waals surface area (Å²) in [5.74, 6) is 2.62. The molecule has 4 bridgehead atoms. The Bertz CT molecular complexity index is 1260. The van der Waals surface area contributed by atoms with Crippen LogP contribution in [-0.2, 0) is 11.2 Å². The van der Waals surface area contributed by atoms with Crippen molar-refractivity contribution in [3.8, 4) is 11.8 Å². The number of hydrogen-bond acceptors (Lipinski definition) is 8. The van der Waals surface area contributed by atoms with E-state index in [4.69, 9.17) is 16.3 Å². The zero-order valence-electron chi connectivity index (χ0n) is 22.8. The summed E-state index contributed by atoms with van der Waals surface area (Å²) in [5.41, 5.74) is 1.02. The molecule has 39 heavy (non-hydrogen) atoms. The van der Waals surface area contributed by atoms with Gasteiger partial charge in [0.05, 0.1) is 11.2 Å². The molecule has 6 rings (SSSR count). The number of halogens is 1. The van der Waals surface area contributed by atoms with Crippen LogP contribution < -0.4 is 16.0 Å². The maximum Gasteiger partial charge on any atom is 0.407 e. The van der Waals surface area contributed by atoms with Crippen molar-refractivity contribution in [2.75, 3.05) is 23.7 Å².